The molecule has 2 saturated heterocycles. The molecule has 4 fully saturated rings. The summed E-state index contributed by atoms with van der Waals surface area (Å²) in [6.07, 6.45) is 2.86. The molecule has 0 bridgehead atoms. The first-order valence-corrected chi connectivity index (χ1v) is 14.7. The van der Waals surface area contributed by atoms with E-state index in [4.69, 9.17) is 10.5 Å². The van der Waals surface area contributed by atoms with Gasteiger partial charge in [-0.25, -0.2) is 4.79 Å². The summed E-state index contributed by atoms with van der Waals surface area (Å²) in [4.78, 5) is 55.9. The van der Waals surface area contributed by atoms with Crippen molar-refractivity contribution in [2.45, 2.75) is 105 Å². The molecular weight excluding hydrogens is 510 g/mol. The number of carbonyl (C=O) groups excluding carboxylic acids is 4. The summed E-state index contributed by atoms with van der Waals surface area (Å²) < 4.78 is 5.66. The molecule has 10 heteroatoms. The number of fused-ring (bicyclic) bond motifs is 2. The van der Waals surface area contributed by atoms with Crippen LogP contribution in [0.25, 0.3) is 0 Å². The minimum Gasteiger partial charge on any atom is -0.396 e. The number of likely N-dealkylation sites (tertiary alicyclic amines) is 1. The molecule has 2 spiro atoms. The van der Waals surface area contributed by atoms with E-state index in [-0.39, 0.29) is 39.8 Å². The molecule has 5 aliphatic rings. The summed E-state index contributed by atoms with van der Waals surface area (Å²) in [5.41, 5.74) is 5.88. The largest absolute Gasteiger partial charge is 0.396 e. The summed E-state index contributed by atoms with van der Waals surface area (Å²) >= 11 is 0. The molecule has 5 N–H and O–H groups in total. The summed E-state index contributed by atoms with van der Waals surface area (Å²) in [7, 11) is 0. The Morgan fingerprint density at radius 1 is 1.07 bits per heavy atom. The molecule has 2 saturated carbocycles. The number of rotatable bonds is 4. The topological polar surface area (TPSA) is 143 Å². The van der Waals surface area contributed by atoms with Crippen LogP contribution in [0.1, 0.15) is 81.1 Å². The van der Waals surface area contributed by atoms with E-state index in [0.29, 0.717) is 38.3 Å². The fourth-order valence-electron chi connectivity index (χ4n) is 7.93. The van der Waals surface area contributed by atoms with Gasteiger partial charge < -0.3 is 31.3 Å². The van der Waals surface area contributed by atoms with E-state index in [1.807, 2.05) is 41.5 Å². The molecule has 0 radical (unpaired) electrons. The second kappa shape index (κ2) is 8.94. The maximum Gasteiger partial charge on any atom is 0.315 e. The fourth-order valence-corrected chi connectivity index (χ4v) is 7.93. The standard InChI is InChI=1S/C30H47N5O5/c1-26(2,3)22(33-25(39)34-27(4,5)6)24(38)35-13-29(28(7,8)30(29)14-40-15-30)12-19(35)23(37)32-18-11-16-9-10-17(16)20(31)21(18)36/h16,18-19,22H,9-15,31H2,1-8H3,(H,32,37)(H2,33,34,39)/t16?,18?,19-,22?,29-/m0/s1. The van der Waals surface area contributed by atoms with Crippen molar-refractivity contribution in [3.05, 3.63) is 11.3 Å². The number of allylic oxidation sites excluding steroid dienone is 1. The number of nitrogens with one attached hydrogen (secondary N) is 3. The summed E-state index contributed by atoms with van der Waals surface area (Å²) in [5, 5.41) is 8.77. The molecule has 5 rings (SSSR count). The molecule has 3 unspecified atom stereocenters. The van der Waals surface area contributed by atoms with E-state index in [0.717, 1.165) is 18.4 Å². The molecule has 2 aliphatic heterocycles. The highest BCUT2D eigenvalue weighted by atomic mass is 16.5. The molecule has 10 nitrogen and oxygen atoms in total. The van der Waals surface area contributed by atoms with Gasteiger partial charge in [-0.1, -0.05) is 34.6 Å². The predicted octanol–water partition coefficient (Wildman–Crippen LogP) is 2.22. The minimum absolute atomic E-state index is 0.0868. The van der Waals surface area contributed by atoms with Crippen molar-refractivity contribution < 1.29 is 23.9 Å². The van der Waals surface area contributed by atoms with Crippen molar-refractivity contribution in [1.29, 1.82) is 0 Å². The first-order valence-electron chi connectivity index (χ1n) is 14.7. The number of nitrogens with zero attached hydrogens (tertiary/aromatic N) is 1. The van der Waals surface area contributed by atoms with Crippen LogP contribution in [0.4, 0.5) is 4.79 Å². The van der Waals surface area contributed by atoms with Crippen LogP contribution in [0.5, 0.6) is 0 Å². The molecule has 2 heterocycles. The Labute approximate surface area is 237 Å². The van der Waals surface area contributed by atoms with Crippen molar-refractivity contribution in [3.63, 3.8) is 0 Å². The SMILES string of the molecule is CC(C)(C)NC(=O)NC(C(=O)N1C[C@@]2(C[C@H]1C(=O)NC1CC3CCC3=C(N)C1=O)C(C)(C)C21COC1)C(C)(C)C. The van der Waals surface area contributed by atoms with Crippen LogP contribution < -0.4 is 21.7 Å². The zero-order valence-electron chi connectivity index (χ0n) is 25.3. The summed E-state index contributed by atoms with van der Waals surface area (Å²) in [6.45, 7) is 17.4. The first-order chi connectivity index (χ1) is 18.4. The maximum absolute atomic E-state index is 14.3. The Hall–Kier alpha value is -2.62. The molecule has 3 aliphatic carbocycles. The van der Waals surface area contributed by atoms with Gasteiger partial charge in [-0.3, -0.25) is 14.4 Å². The Kier molecular flexibility index (Phi) is 6.46. The molecule has 40 heavy (non-hydrogen) atoms. The highest BCUT2D eigenvalue weighted by molar-refractivity contribution is 6.03. The Balaban J connectivity index is 1.42. The van der Waals surface area contributed by atoms with Crippen LogP contribution in [0.2, 0.25) is 0 Å². The lowest BCUT2D eigenvalue weighted by Gasteiger charge is -2.39. The van der Waals surface area contributed by atoms with Gasteiger partial charge in [0.1, 0.15) is 12.1 Å². The lowest BCUT2D eigenvalue weighted by molar-refractivity contribution is -0.142. The number of ketones is 1. The van der Waals surface area contributed by atoms with Crippen LogP contribution in [0.15, 0.2) is 11.3 Å². The van der Waals surface area contributed by atoms with Crippen molar-refractivity contribution in [1.82, 2.24) is 20.9 Å². The zero-order chi connectivity index (χ0) is 29.6. The maximum atomic E-state index is 14.3. The lowest BCUT2D eigenvalue weighted by Crippen LogP contribution is -2.61. The van der Waals surface area contributed by atoms with E-state index in [2.05, 4.69) is 29.8 Å². The molecule has 0 aromatic heterocycles. The van der Waals surface area contributed by atoms with Gasteiger partial charge in [0.25, 0.3) is 0 Å². The average Bonchev–Trinajstić information content (AvgIpc) is 3.01. The molecule has 5 atom stereocenters. The molecule has 4 amide bonds. The Bertz CT molecular complexity index is 1170. The Morgan fingerprint density at radius 2 is 1.73 bits per heavy atom. The monoisotopic (exact) mass is 557 g/mol. The van der Waals surface area contributed by atoms with E-state index in [1.54, 1.807) is 4.90 Å². The van der Waals surface area contributed by atoms with Crippen LogP contribution >= 0.6 is 0 Å². The first kappa shape index (κ1) is 28.9. The zero-order valence-corrected chi connectivity index (χ0v) is 25.3. The van der Waals surface area contributed by atoms with Gasteiger partial charge in [-0.2, -0.15) is 0 Å². The van der Waals surface area contributed by atoms with E-state index >= 15 is 0 Å². The third-order valence-electron chi connectivity index (χ3n) is 10.8. The van der Waals surface area contributed by atoms with Gasteiger partial charge in [-0.05, 0) is 68.8 Å². The smallest absolute Gasteiger partial charge is 0.315 e. The number of carbonyl (C=O) groups is 4. The van der Waals surface area contributed by atoms with Gasteiger partial charge in [-0.15, -0.1) is 0 Å². The van der Waals surface area contributed by atoms with Gasteiger partial charge in [0.2, 0.25) is 17.6 Å². The predicted molar refractivity (Wildman–Crippen MR) is 150 cm³/mol. The van der Waals surface area contributed by atoms with Crippen LogP contribution in [0, 0.1) is 27.6 Å². The van der Waals surface area contributed by atoms with E-state index < -0.39 is 35.1 Å². The average molecular weight is 558 g/mol. The number of nitrogens with two attached hydrogens (primary N) is 1. The molecular formula is C30H47N5O5. The fraction of sp³-hybridized carbons (Fsp3) is 0.800. The third-order valence-corrected chi connectivity index (χ3v) is 10.8. The summed E-state index contributed by atoms with van der Waals surface area (Å²) in [6, 6.07) is -2.73. The highest BCUT2D eigenvalue weighted by Crippen LogP contribution is 2.84. The van der Waals surface area contributed by atoms with Crippen molar-refractivity contribution in [2.75, 3.05) is 19.8 Å². The van der Waals surface area contributed by atoms with Gasteiger partial charge >= 0.3 is 6.03 Å². The van der Waals surface area contributed by atoms with Crippen molar-refractivity contribution in [2.24, 2.45) is 33.3 Å². The molecule has 222 valence electrons. The number of hydrogen-bond acceptors (Lipinski definition) is 6. The number of ether oxygens (including phenoxy) is 1. The second-order valence-electron chi connectivity index (χ2n) is 15.5. The second-order valence-corrected chi connectivity index (χ2v) is 15.5. The van der Waals surface area contributed by atoms with Gasteiger partial charge in [0, 0.05) is 22.9 Å². The van der Waals surface area contributed by atoms with Gasteiger partial charge in [0.15, 0.2) is 0 Å². The van der Waals surface area contributed by atoms with Crippen LogP contribution in [0.3, 0.4) is 0 Å². The number of Topliss-reactive ketones (excluding diaryl/α,β-unsaturated/α-hetero) is 1. The third kappa shape index (κ3) is 4.15. The molecule has 0 aromatic carbocycles. The number of amides is 4. The van der Waals surface area contributed by atoms with Gasteiger partial charge in [0.05, 0.1) is 25.0 Å². The van der Waals surface area contributed by atoms with Crippen molar-refractivity contribution in [3.8, 4) is 0 Å². The minimum atomic E-state index is -0.858. The van der Waals surface area contributed by atoms with Crippen molar-refractivity contribution >= 4 is 23.6 Å². The highest BCUT2D eigenvalue weighted by Gasteiger charge is 2.86. The normalized spacial score (nSPS) is 32.6. The quantitative estimate of drug-likeness (QED) is 0.418. The van der Waals surface area contributed by atoms with E-state index in [9.17, 15) is 19.2 Å². The number of hydrogen-bond donors (Lipinski definition) is 4. The molecule has 0 aromatic rings. The summed E-state index contributed by atoms with van der Waals surface area (Å²) in [5.74, 6) is -0.607. The van der Waals surface area contributed by atoms with E-state index in [1.165, 1.54) is 0 Å². The number of urea groups is 1. The van der Waals surface area contributed by atoms with Crippen LogP contribution in [-0.2, 0) is 19.1 Å². The van der Waals surface area contributed by atoms with Crippen LogP contribution in [-0.4, -0.2) is 72.0 Å². The Morgan fingerprint density at radius 3 is 2.20 bits per heavy atom. The lowest BCUT2D eigenvalue weighted by atomic mass is 9.69.